The molecule has 1 N–H and O–H groups in total. The summed E-state index contributed by atoms with van der Waals surface area (Å²) in [6.07, 6.45) is 3.41. The summed E-state index contributed by atoms with van der Waals surface area (Å²) in [7, 11) is 1.78. The van der Waals surface area contributed by atoms with Gasteiger partial charge in [0.25, 0.3) is 0 Å². The standard InChI is InChI=1S/C13H11N3.2C2H6/c1-14-13-15-9-12(10-16-13)8-7-11-5-3-2-4-6-11;2*1-2/h2-6,9-10H,1H3,(H,14,15,16);2*1-2H3. The van der Waals surface area contributed by atoms with E-state index in [1.165, 1.54) is 0 Å². The predicted molar refractivity (Wildman–Crippen MR) is 86.7 cm³/mol. The van der Waals surface area contributed by atoms with Crippen LogP contribution in [0.4, 0.5) is 5.95 Å². The molecule has 3 nitrogen and oxygen atoms in total. The molecule has 20 heavy (non-hydrogen) atoms. The number of hydrogen-bond acceptors (Lipinski definition) is 3. The first-order valence-corrected chi connectivity index (χ1v) is 6.95. The Labute approximate surface area is 122 Å². The molecular formula is C17H23N3. The molecule has 0 radical (unpaired) electrons. The molecule has 106 valence electrons. The first-order valence-electron chi connectivity index (χ1n) is 6.95. The van der Waals surface area contributed by atoms with E-state index < -0.39 is 0 Å². The highest BCUT2D eigenvalue weighted by Crippen LogP contribution is 1.99. The van der Waals surface area contributed by atoms with Crippen LogP contribution in [-0.2, 0) is 0 Å². The highest BCUT2D eigenvalue weighted by atomic mass is 15.1. The molecule has 0 amide bonds. The minimum Gasteiger partial charge on any atom is -0.357 e. The molecule has 0 bridgehead atoms. The van der Waals surface area contributed by atoms with Gasteiger partial charge in [-0.25, -0.2) is 9.97 Å². The Morgan fingerprint density at radius 2 is 1.30 bits per heavy atom. The van der Waals surface area contributed by atoms with Crippen molar-refractivity contribution in [1.29, 1.82) is 0 Å². The van der Waals surface area contributed by atoms with E-state index in [1.54, 1.807) is 19.4 Å². The van der Waals surface area contributed by atoms with Crippen molar-refractivity contribution in [1.82, 2.24) is 9.97 Å². The van der Waals surface area contributed by atoms with Gasteiger partial charge in [0.2, 0.25) is 5.95 Å². The molecule has 0 spiro atoms. The Kier molecular flexibility index (Phi) is 10.4. The van der Waals surface area contributed by atoms with Crippen molar-refractivity contribution in [2.75, 3.05) is 12.4 Å². The summed E-state index contributed by atoms with van der Waals surface area (Å²) < 4.78 is 0. The quantitative estimate of drug-likeness (QED) is 0.796. The van der Waals surface area contributed by atoms with Crippen LogP contribution in [0.1, 0.15) is 38.8 Å². The van der Waals surface area contributed by atoms with Gasteiger partial charge in [-0.2, -0.15) is 0 Å². The number of hydrogen-bond donors (Lipinski definition) is 1. The summed E-state index contributed by atoms with van der Waals surface area (Å²) in [6.45, 7) is 8.00. The number of aromatic nitrogens is 2. The van der Waals surface area contributed by atoms with Crippen LogP contribution in [0.3, 0.4) is 0 Å². The van der Waals surface area contributed by atoms with E-state index >= 15 is 0 Å². The Bertz CT molecular complexity index is 507. The van der Waals surface area contributed by atoms with Gasteiger partial charge in [-0.3, -0.25) is 0 Å². The molecule has 0 atom stereocenters. The number of nitrogens with zero attached hydrogens (tertiary/aromatic N) is 2. The van der Waals surface area contributed by atoms with Gasteiger partial charge >= 0.3 is 0 Å². The van der Waals surface area contributed by atoms with Crippen molar-refractivity contribution in [2.45, 2.75) is 27.7 Å². The van der Waals surface area contributed by atoms with Gasteiger partial charge in [-0.05, 0) is 12.1 Å². The molecule has 1 heterocycles. The van der Waals surface area contributed by atoms with Crippen molar-refractivity contribution in [3.05, 3.63) is 53.9 Å². The van der Waals surface area contributed by atoms with E-state index in [2.05, 4.69) is 27.1 Å². The summed E-state index contributed by atoms with van der Waals surface area (Å²) in [6, 6.07) is 9.83. The zero-order valence-electron chi connectivity index (χ0n) is 12.9. The predicted octanol–water partition coefficient (Wildman–Crippen LogP) is 3.97. The fraction of sp³-hybridized carbons (Fsp3) is 0.294. The smallest absolute Gasteiger partial charge is 0.222 e. The minimum absolute atomic E-state index is 0.602. The topological polar surface area (TPSA) is 37.8 Å². The largest absolute Gasteiger partial charge is 0.357 e. The average molecular weight is 269 g/mol. The molecule has 0 aliphatic heterocycles. The van der Waals surface area contributed by atoms with Crippen LogP contribution in [-0.4, -0.2) is 17.0 Å². The monoisotopic (exact) mass is 269 g/mol. The van der Waals surface area contributed by atoms with Gasteiger partial charge < -0.3 is 5.32 Å². The highest BCUT2D eigenvalue weighted by molar-refractivity contribution is 5.41. The number of anilines is 1. The summed E-state index contributed by atoms with van der Waals surface area (Å²) in [5.74, 6) is 6.66. The average Bonchev–Trinajstić information content (AvgIpc) is 2.58. The van der Waals surface area contributed by atoms with E-state index in [-0.39, 0.29) is 0 Å². The first kappa shape index (κ1) is 17.7. The van der Waals surface area contributed by atoms with Crippen molar-refractivity contribution in [3.8, 4) is 11.8 Å². The molecule has 0 aliphatic carbocycles. The third kappa shape index (κ3) is 6.55. The maximum atomic E-state index is 4.08. The fourth-order valence-electron chi connectivity index (χ4n) is 1.19. The second-order valence-electron chi connectivity index (χ2n) is 3.16. The second kappa shape index (κ2) is 11.7. The molecule has 2 aromatic rings. The summed E-state index contributed by atoms with van der Waals surface area (Å²) >= 11 is 0. The molecule has 3 heteroatoms. The van der Waals surface area contributed by atoms with Crippen molar-refractivity contribution >= 4 is 5.95 Å². The zero-order valence-corrected chi connectivity index (χ0v) is 12.9. The van der Waals surface area contributed by atoms with Gasteiger partial charge in [0.1, 0.15) is 0 Å². The molecule has 1 aromatic heterocycles. The number of rotatable bonds is 1. The van der Waals surface area contributed by atoms with E-state index in [0.717, 1.165) is 11.1 Å². The van der Waals surface area contributed by atoms with E-state index in [9.17, 15) is 0 Å². The van der Waals surface area contributed by atoms with Gasteiger partial charge in [0.05, 0.1) is 5.56 Å². The maximum absolute atomic E-state index is 4.08. The van der Waals surface area contributed by atoms with Crippen molar-refractivity contribution < 1.29 is 0 Å². The first-order chi connectivity index (χ1) is 9.88. The van der Waals surface area contributed by atoms with Crippen LogP contribution in [0.15, 0.2) is 42.7 Å². The Morgan fingerprint density at radius 3 is 1.80 bits per heavy atom. The molecule has 2 rings (SSSR count). The molecule has 0 saturated heterocycles. The Morgan fingerprint density at radius 1 is 0.800 bits per heavy atom. The van der Waals surface area contributed by atoms with E-state index in [1.807, 2.05) is 58.0 Å². The third-order valence-electron chi connectivity index (χ3n) is 2.00. The van der Waals surface area contributed by atoms with Crippen LogP contribution in [0, 0.1) is 11.8 Å². The third-order valence-corrected chi connectivity index (χ3v) is 2.00. The lowest BCUT2D eigenvalue weighted by atomic mass is 10.2. The van der Waals surface area contributed by atoms with Crippen molar-refractivity contribution in [2.24, 2.45) is 0 Å². The van der Waals surface area contributed by atoms with E-state index in [4.69, 9.17) is 0 Å². The molecule has 0 fully saturated rings. The number of benzene rings is 1. The molecule has 1 aromatic carbocycles. The van der Waals surface area contributed by atoms with Crippen LogP contribution < -0.4 is 5.32 Å². The fourth-order valence-corrected chi connectivity index (χ4v) is 1.19. The normalized spacial score (nSPS) is 7.85. The van der Waals surface area contributed by atoms with Gasteiger partial charge in [-0.15, -0.1) is 0 Å². The summed E-state index contributed by atoms with van der Waals surface area (Å²) in [5.41, 5.74) is 1.79. The molecule has 0 aliphatic rings. The summed E-state index contributed by atoms with van der Waals surface area (Å²) in [4.78, 5) is 8.17. The van der Waals surface area contributed by atoms with Crippen LogP contribution in [0.5, 0.6) is 0 Å². The Balaban J connectivity index is 0.000000829. The van der Waals surface area contributed by atoms with Gasteiger partial charge in [0, 0.05) is 25.0 Å². The van der Waals surface area contributed by atoms with Gasteiger partial charge in [0.15, 0.2) is 0 Å². The van der Waals surface area contributed by atoms with E-state index in [0.29, 0.717) is 5.95 Å². The molecule has 0 unspecified atom stereocenters. The second-order valence-corrected chi connectivity index (χ2v) is 3.16. The Hall–Kier alpha value is -2.34. The zero-order chi connectivity index (χ0) is 15.2. The summed E-state index contributed by atoms with van der Waals surface area (Å²) in [5, 5.41) is 2.86. The lowest BCUT2D eigenvalue weighted by molar-refractivity contribution is 1.14. The van der Waals surface area contributed by atoms with Crippen molar-refractivity contribution in [3.63, 3.8) is 0 Å². The lowest BCUT2D eigenvalue weighted by Gasteiger charge is -1.95. The van der Waals surface area contributed by atoms with Gasteiger partial charge in [-0.1, -0.05) is 57.7 Å². The highest BCUT2D eigenvalue weighted by Gasteiger charge is 1.91. The van der Waals surface area contributed by atoms with Crippen LogP contribution >= 0.6 is 0 Å². The van der Waals surface area contributed by atoms with Crippen LogP contribution in [0.25, 0.3) is 0 Å². The molecular weight excluding hydrogens is 246 g/mol. The number of nitrogens with one attached hydrogen (secondary N) is 1. The SMILES string of the molecule is CC.CC.CNc1ncc(C#Cc2ccccc2)cn1. The van der Waals surface area contributed by atoms with Crippen LogP contribution in [0.2, 0.25) is 0 Å². The molecule has 0 saturated carbocycles. The minimum atomic E-state index is 0.602. The maximum Gasteiger partial charge on any atom is 0.222 e. The lowest BCUT2D eigenvalue weighted by Crippen LogP contribution is -1.95.